The van der Waals surface area contributed by atoms with Crippen LogP contribution in [0.5, 0.6) is 0 Å². The second kappa shape index (κ2) is 7.44. The van der Waals surface area contributed by atoms with Crippen molar-refractivity contribution in [2.45, 2.75) is 6.04 Å². The molecule has 1 aliphatic heterocycles. The quantitative estimate of drug-likeness (QED) is 0.687. The molecule has 0 saturated carbocycles. The molecular formula is C22H16ClFN2O2. The van der Waals surface area contributed by atoms with Gasteiger partial charge in [-0.3, -0.25) is 9.59 Å². The molecule has 0 aliphatic carbocycles. The lowest BCUT2D eigenvalue weighted by Gasteiger charge is -2.30. The fourth-order valence-electron chi connectivity index (χ4n) is 3.45. The standard InChI is InChI=1S/C22H16ClFN2O2/c23-15-10-11-17-19(12-15)25-20(27)13-26(21(17)14-6-2-1-3-7-14)22(28)16-8-4-5-9-18(16)24/h1-12,21H,13H2,(H,25,27). The van der Waals surface area contributed by atoms with Crippen LogP contribution in [0.4, 0.5) is 10.1 Å². The second-order valence-corrected chi connectivity index (χ2v) is 6.94. The minimum Gasteiger partial charge on any atom is -0.324 e. The number of rotatable bonds is 2. The minimum atomic E-state index is -0.625. The van der Waals surface area contributed by atoms with Crippen LogP contribution in [0.1, 0.15) is 27.5 Å². The number of benzene rings is 3. The summed E-state index contributed by atoms with van der Waals surface area (Å²) in [6.45, 7) is -0.209. The van der Waals surface area contributed by atoms with Gasteiger partial charge in [0.2, 0.25) is 5.91 Å². The SMILES string of the molecule is O=C1CN(C(=O)c2ccccc2F)C(c2ccccc2)c2ccc(Cl)cc2N1. The molecule has 0 radical (unpaired) electrons. The van der Waals surface area contributed by atoms with Crippen molar-refractivity contribution >= 4 is 29.1 Å². The molecule has 3 aromatic rings. The van der Waals surface area contributed by atoms with Gasteiger partial charge in [-0.25, -0.2) is 4.39 Å². The highest BCUT2D eigenvalue weighted by atomic mass is 35.5. The van der Waals surface area contributed by atoms with Crippen molar-refractivity contribution in [2.24, 2.45) is 0 Å². The first-order chi connectivity index (χ1) is 13.5. The number of nitrogens with zero attached hydrogens (tertiary/aromatic N) is 1. The Hall–Kier alpha value is -3.18. The van der Waals surface area contributed by atoms with Crippen LogP contribution >= 0.6 is 11.6 Å². The maximum absolute atomic E-state index is 14.3. The highest BCUT2D eigenvalue weighted by Crippen LogP contribution is 2.37. The number of halogens is 2. The average Bonchev–Trinajstić information content (AvgIpc) is 2.83. The summed E-state index contributed by atoms with van der Waals surface area (Å²) in [7, 11) is 0. The number of anilines is 1. The molecule has 1 N–H and O–H groups in total. The van der Waals surface area contributed by atoms with Crippen LogP contribution in [0, 0.1) is 5.82 Å². The number of fused-ring (bicyclic) bond motifs is 1. The third kappa shape index (κ3) is 3.37. The summed E-state index contributed by atoms with van der Waals surface area (Å²) in [6.07, 6.45) is 0. The monoisotopic (exact) mass is 394 g/mol. The molecule has 6 heteroatoms. The van der Waals surface area contributed by atoms with E-state index in [1.807, 2.05) is 30.3 Å². The van der Waals surface area contributed by atoms with E-state index in [-0.39, 0.29) is 18.0 Å². The third-order valence-corrected chi connectivity index (χ3v) is 4.93. The first-order valence-electron chi connectivity index (χ1n) is 8.74. The Morgan fingerprint density at radius 1 is 1.04 bits per heavy atom. The van der Waals surface area contributed by atoms with Crippen LogP contribution < -0.4 is 5.32 Å². The van der Waals surface area contributed by atoms with Gasteiger partial charge in [0.15, 0.2) is 0 Å². The lowest BCUT2D eigenvalue weighted by Crippen LogP contribution is -2.39. The van der Waals surface area contributed by atoms with E-state index in [2.05, 4.69) is 5.32 Å². The van der Waals surface area contributed by atoms with Crippen molar-refractivity contribution in [3.05, 3.63) is 100 Å². The Kier molecular flexibility index (Phi) is 4.84. The number of amides is 2. The van der Waals surface area contributed by atoms with Gasteiger partial charge < -0.3 is 10.2 Å². The zero-order chi connectivity index (χ0) is 19.7. The van der Waals surface area contributed by atoms with Gasteiger partial charge in [-0.15, -0.1) is 0 Å². The molecule has 2 amide bonds. The number of nitrogens with one attached hydrogen (secondary N) is 1. The molecular weight excluding hydrogens is 379 g/mol. The van der Waals surface area contributed by atoms with E-state index in [1.165, 1.54) is 23.1 Å². The molecule has 0 aromatic heterocycles. The van der Waals surface area contributed by atoms with E-state index >= 15 is 0 Å². The zero-order valence-electron chi connectivity index (χ0n) is 14.7. The summed E-state index contributed by atoms with van der Waals surface area (Å²) < 4.78 is 14.3. The summed E-state index contributed by atoms with van der Waals surface area (Å²) >= 11 is 6.11. The summed E-state index contributed by atoms with van der Waals surface area (Å²) in [5.41, 5.74) is 1.99. The highest BCUT2D eigenvalue weighted by Gasteiger charge is 2.34. The fraction of sp³-hybridized carbons (Fsp3) is 0.0909. The number of carbonyl (C=O) groups is 2. The maximum atomic E-state index is 14.3. The van der Waals surface area contributed by atoms with Crippen molar-refractivity contribution in [1.82, 2.24) is 4.90 Å². The molecule has 1 aliphatic rings. The highest BCUT2D eigenvalue weighted by molar-refractivity contribution is 6.31. The van der Waals surface area contributed by atoms with E-state index in [4.69, 9.17) is 11.6 Å². The van der Waals surface area contributed by atoms with Crippen molar-refractivity contribution in [3.8, 4) is 0 Å². The van der Waals surface area contributed by atoms with Gasteiger partial charge in [0.05, 0.1) is 11.6 Å². The van der Waals surface area contributed by atoms with Gasteiger partial charge in [-0.1, -0.05) is 60.1 Å². The van der Waals surface area contributed by atoms with Crippen LogP contribution in [-0.2, 0) is 4.79 Å². The largest absolute Gasteiger partial charge is 0.324 e. The van der Waals surface area contributed by atoms with E-state index in [9.17, 15) is 14.0 Å². The van der Waals surface area contributed by atoms with Gasteiger partial charge in [0.1, 0.15) is 12.4 Å². The van der Waals surface area contributed by atoms with Crippen LogP contribution in [-0.4, -0.2) is 23.3 Å². The smallest absolute Gasteiger partial charge is 0.258 e. The predicted octanol–water partition coefficient (Wildman–Crippen LogP) is 4.66. The topological polar surface area (TPSA) is 49.4 Å². The molecule has 4 rings (SSSR count). The molecule has 28 heavy (non-hydrogen) atoms. The van der Waals surface area contributed by atoms with Gasteiger partial charge >= 0.3 is 0 Å². The van der Waals surface area contributed by atoms with Gasteiger partial charge in [0, 0.05) is 16.3 Å². The van der Waals surface area contributed by atoms with E-state index < -0.39 is 17.8 Å². The minimum absolute atomic E-state index is 0.0753. The lowest BCUT2D eigenvalue weighted by atomic mass is 9.95. The summed E-state index contributed by atoms with van der Waals surface area (Å²) in [5.74, 6) is -1.54. The summed E-state index contributed by atoms with van der Waals surface area (Å²) in [5, 5.41) is 3.27. The fourth-order valence-corrected chi connectivity index (χ4v) is 3.62. The van der Waals surface area contributed by atoms with Crippen molar-refractivity contribution < 1.29 is 14.0 Å². The predicted molar refractivity (Wildman–Crippen MR) is 106 cm³/mol. The Morgan fingerprint density at radius 2 is 1.75 bits per heavy atom. The second-order valence-electron chi connectivity index (χ2n) is 6.51. The van der Waals surface area contributed by atoms with Crippen LogP contribution in [0.2, 0.25) is 5.02 Å². The van der Waals surface area contributed by atoms with Crippen LogP contribution in [0.25, 0.3) is 0 Å². The Labute approximate surface area is 166 Å². The van der Waals surface area contributed by atoms with E-state index in [1.54, 1.807) is 24.3 Å². The number of carbonyl (C=O) groups excluding carboxylic acids is 2. The van der Waals surface area contributed by atoms with E-state index in [0.29, 0.717) is 16.3 Å². The molecule has 1 unspecified atom stereocenters. The molecule has 4 nitrogen and oxygen atoms in total. The number of hydrogen-bond acceptors (Lipinski definition) is 2. The summed E-state index contributed by atoms with van der Waals surface area (Å²) in [4.78, 5) is 27.2. The first-order valence-corrected chi connectivity index (χ1v) is 9.12. The first kappa shape index (κ1) is 18.2. The van der Waals surface area contributed by atoms with Crippen LogP contribution in [0.15, 0.2) is 72.8 Å². The van der Waals surface area contributed by atoms with Crippen LogP contribution in [0.3, 0.4) is 0 Å². The molecule has 140 valence electrons. The van der Waals surface area contributed by atoms with Gasteiger partial charge in [0.25, 0.3) is 5.91 Å². The van der Waals surface area contributed by atoms with Crippen molar-refractivity contribution in [1.29, 1.82) is 0 Å². The lowest BCUT2D eigenvalue weighted by molar-refractivity contribution is -0.117. The normalized spacial score (nSPS) is 16.1. The Morgan fingerprint density at radius 3 is 2.50 bits per heavy atom. The molecule has 0 bridgehead atoms. The van der Waals surface area contributed by atoms with Gasteiger partial charge in [-0.05, 0) is 29.8 Å². The maximum Gasteiger partial charge on any atom is 0.258 e. The number of hydrogen-bond donors (Lipinski definition) is 1. The Balaban J connectivity index is 1.90. The average molecular weight is 395 g/mol. The van der Waals surface area contributed by atoms with Crippen molar-refractivity contribution in [2.75, 3.05) is 11.9 Å². The molecule has 1 heterocycles. The van der Waals surface area contributed by atoms with Gasteiger partial charge in [-0.2, -0.15) is 0 Å². The van der Waals surface area contributed by atoms with E-state index in [0.717, 1.165) is 5.56 Å². The molecule has 0 saturated heterocycles. The molecule has 1 atom stereocenters. The Bertz CT molecular complexity index is 1060. The molecule has 3 aromatic carbocycles. The summed E-state index contributed by atoms with van der Waals surface area (Å²) in [6, 6.07) is 19.7. The zero-order valence-corrected chi connectivity index (χ0v) is 15.5. The molecule has 0 spiro atoms. The molecule has 0 fully saturated rings. The van der Waals surface area contributed by atoms with Crippen molar-refractivity contribution in [3.63, 3.8) is 0 Å². The third-order valence-electron chi connectivity index (χ3n) is 4.69.